The zero-order valence-electron chi connectivity index (χ0n) is 18.8. The average Bonchev–Trinajstić information content (AvgIpc) is 2.67. The topological polar surface area (TPSA) is 50.2 Å². The molecule has 1 aliphatic rings. The molecule has 0 radical (unpaired) electrons. The van der Waals surface area contributed by atoms with E-state index >= 15 is 0 Å². The molecule has 0 saturated carbocycles. The van der Waals surface area contributed by atoms with Crippen LogP contribution in [0.1, 0.15) is 53.3 Å². The van der Waals surface area contributed by atoms with Gasteiger partial charge in [0.15, 0.2) is 0 Å². The number of nitrogens with one attached hydrogen (secondary N) is 1. The molecule has 4 heteroatoms. The molecule has 1 aromatic carbocycles. The minimum absolute atomic E-state index is 0.0716. The van der Waals surface area contributed by atoms with E-state index in [4.69, 9.17) is 15.0 Å². The van der Waals surface area contributed by atoms with Crippen LogP contribution in [0.25, 0.3) is 0 Å². The highest BCUT2D eigenvalue weighted by Gasteiger charge is 2.14. The van der Waals surface area contributed by atoms with Gasteiger partial charge in [0.1, 0.15) is 6.17 Å². The molecule has 4 nitrogen and oxygen atoms in total. The third kappa shape index (κ3) is 5.88. The van der Waals surface area contributed by atoms with E-state index in [1.165, 1.54) is 22.4 Å². The van der Waals surface area contributed by atoms with Gasteiger partial charge in [0.05, 0.1) is 0 Å². The highest BCUT2D eigenvalue weighted by molar-refractivity contribution is 5.94. The van der Waals surface area contributed by atoms with Gasteiger partial charge in [-0.05, 0) is 74.7 Å². The van der Waals surface area contributed by atoms with Gasteiger partial charge in [0.25, 0.3) is 0 Å². The van der Waals surface area contributed by atoms with Crippen LogP contribution in [0, 0.1) is 13.8 Å². The molecule has 0 aliphatic carbocycles. The van der Waals surface area contributed by atoms with E-state index < -0.39 is 0 Å². The zero-order valence-corrected chi connectivity index (χ0v) is 18.8. The molecular weight excluding hydrogens is 380 g/mol. The van der Waals surface area contributed by atoms with Crippen molar-refractivity contribution in [3.63, 3.8) is 0 Å². The second kappa shape index (κ2) is 9.25. The summed E-state index contributed by atoms with van der Waals surface area (Å²) in [6, 6.07) is 19.4. The number of nitrogens with zero attached hydrogens (tertiary/aromatic N) is 3. The Morgan fingerprint density at radius 2 is 1.29 bits per heavy atom. The maximum absolute atomic E-state index is 4.78. The summed E-state index contributed by atoms with van der Waals surface area (Å²) in [7, 11) is 0. The summed E-state index contributed by atoms with van der Waals surface area (Å²) in [6.07, 6.45) is 4.66. The van der Waals surface area contributed by atoms with E-state index in [0.717, 1.165) is 47.7 Å². The van der Waals surface area contributed by atoms with Crippen molar-refractivity contribution < 1.29 is 0 Å². The van der Waals surface area contributed by atoms with Crippen molar-refractivity contribution in [3.05, 3.63) is 106 Å². The van der Waals surface area contributed by atoms with E-state index in [-0.39, 0.29) is 6.17 Å². The first kappa shape index (κ1) is 21.0. The van der Waals surface area contributed by atoms with Gasteiger partial charge in [-0.1, -0.05) is 30.3 Å². The summed E-state index contributed by atoms with van der Waals surface area (Å²) in [5.74, 6) is 0. The maximum atomic E-state index is 4.78. The molecule has 158 valence electrons. The number of hydrogen-bond donors (Lipinski definition) is 1. The fraction of sp³-hybridized carbons (Fsp3) is 0.296. The highest BCUT2D eigenvalue weighted by atomic mass is 15.1. The number of aromatic nitrogens is 2. The molecule has 0 fully saturated rings. The quantitative estimate of drug-likeness (QED) is 0.614. The van der Waals surface area contributed by atoms with Crippen LogP contribution < -0.4 is 5.32 Å². The van der Waals surface area contributed by atoms with Gasteiger partial charge in [-0.15, -0.1) is 0 Å². The predicted molar refractivity (Wildman–Crippen MR) is 127 cm³/mol. The zero-order chi connectivity index (χ0) is 21.8. The standard InChI is InChI=1S/C27H30N4/c1-18-7-5-9-25(28-18)15-22-12-23(16-26-10-6-8-19(2)29-26)14-24(13-22)17-27-30-20(3)11-21(4)31-27/h5-14,27,30H,15-17H2,1-4H3. The second-order valence-corrected chi connectivity index (χ2v) is 8.51. The molecule has 0 saturated heterocycles. The van der Waals surface area contributed by atoms with Gasteiger partial charge in [-0.3, -0.25) is 15.0 Å². The normalized spacial score (nSPS) is 15.8. The predicted octanol–water partition coefficient (Wildman–Crippen LogP) is 5.11. The van der Waals surface area contributed by atoms with Gasteiger partial charge in [0, 0.05) is 53.4 Å². The third-order valence-corrected chi connectivity index (χ3v) is 5.38. The van der Waals surface area contributed by atoms with Crippen molar-refractivity contribution >= 4 is 5.71 Å². The van der Waals surface area contributed by atoms with Crippen molar-refractivity contribution in [1.29, 1.82) is 0 Å². The summed E-state index contributed by atoms with van der Waals surface area (Å²) in [5, 5.41) is 3.50. The second-order valence-electron chi connectivity index (χ2n) is 8.51. The first-order valence-corrected chi connectivity index (χ1v) is 10.9. The Morgan fingerprint density at radius 3 is 1.81 bits per heavy atom. The molecule has 3 heterocycles. The summed E-state index contributed by atoms with van der Waals surface area (Å²) < 4.78 is 0. The molecule has 2 aromatic heterocycles. The molecule has 4 rings (SSSR count). The molecule has 1 aliphatic heterocycles. The number of rotatable bonds is 6. The number of aliphatic imine (C=N–C) groups is 1. The fourth-order valence-electron chi connectivity index (χ4n) is 4.23. The highest BCUT2D eigenvalue weighted by Crippen LogP contribution is 2.19. The summed E-state index contributed by atoms with van der Waals surface area (Å²) in [5.41, 5.74) is 10.4. The van der Waals surface area contributed by atoms with Crippen LogP contribution >= 0.6 is 0 Å². The van der Waals surface area contributed by atoms with Crippen molar-refractivity contribution in [2.75, 3.05) is 0 Å². The van der Waals surface area contributed by atoms with Gasteiger partial charge in [-0.2, -0.15) is 0 Å². The molecule has 1 N–H and O–H groups in total. The van der Waals surface area contributed by atoms with Crippen LogP contribution in [0.2, 0.25) is 0 Å². The monoisotopic (exact) mass is 410 g/mol. The van der Waals surface area contributed by atoms with Crippen LogP contribution in [0.5, 0.6) is 0 Å². The van der Waals surface area contributed by atoms with E-state index in [1.807, 2.05) is 26.0 Å². The molecule has 1 unspecified atom stereocenters. The molecule has 31 heavy (non-hydrogen) atoms. The van der Waals surface area contributed by atoms with Crippen LogP contribution in [0.15, 0.2) is 71.4 Å². The Morgan fingerprint density at radius 1 is 0.742 bits per heavy atom. The first-order chi connectivity index (χ1) is 14.9. The smallest absolute Gasteiger partial charge is 0.122 e. The SMILES string of the molecule is CC1=CC(C)=NC(Cc2cc(Cc3cccc(C)n3)cc(Cc3cccc(C)n3)c2)N1. The number of allylic oxidation sites excluding steroid dienone is 2. The molecule has 0 spiro atoms. The first-order valence-electron chi connectivity index (χ1n) is 10.9. The van der Waals surface area contributed by atoms with Crippen LogP contribution in [-0.2, 0) is 19.3 Å². The molecule has 3 aromatic rings. The largest absolute Gasteiger partial charge is 0.367 e. The number of pyridine rings is 2. The molecule has 0 bridgehead atoms. The van der Waals surface area contributed by atoms with E-state index in [1.54, 1.807) is 0 Å². The van der Waals surface area contributed by atoms with Crippen molar-refractivity contribution in [2.24, 2.45) is 4.99 Å². The summed E-state index contributed by atoms with van der Waals surface area (Å²) in [4.78, 5) is 14.2. The summed E-state index contributed by atoms with van der Waals surface area (Å²) in [6.45, 7) is 8.24. The van der Waals surface area contributed by atoms with E-state index in [0.29, 0.717) is 0 Å². The number of hydrogen-bond acceptors (Lipinski definition) is 4. The molecular formula is C27H30N4. The lowest BCUT2D eigenvalue weighted by molar-refractivity contribution is 0.580. The van der Waals surface area contributed by atoms with Crippen LogP contribution in [0.4, 0.5) is 0 Å². The maximum Gasteiger partial charge on any atom is 0.122 e. The average molecular weight is 411 g/mol. The van der Waals surface area contributed by atoms with Gasteiger partial charge in [0.2, 0.25) is 0 Å². The summed E-state index contributed by atoms with van der Waals surface area (Å²) >= 11 is 0. The van der Waals surface area contributed by atoms with Gasteiger partial charge >= 0.3 is 0 Å². The van der Waals surface area contributed by atoms with E-state index in [9.17, 15) is 0 Å². The van der Waals surface area contributed by atoms with Crippen LogP contribution in [0.3, 0.4) is 0 Å². The Labute approximate surface area is 185 Å². The lowest BCUT2D eigenvalue weighted by Gasteiger charge is -2.22. The Kier molecular flexibility index (Phi) is 6.26. The van der Waals surface area contributed by atoms with Crippen molar-refractivity contribution in [1.82, 2.24) is 15.3 Å². The fourth-order valence-corrected chi connectivity index (χ4v) is 4.23. The molecule has 0 amide bonds. The van der Waals surface area contributed by atoms with Crippen molar-refractivity contribution in [2.45, 2.75) is 53.1 Å². The minimum atomic E-state index is 0.0716. The van der Waals surface area contributed by atoms with E-state index in [2.05, 4.69) is 67.7 Å². The Bertz CT molecular complexity index is 1080. The van der Waals surface area contributed by atoms with Gasteiger partial charge in [-0.25, -0.2) is 0 Å². The Balaban J connectivity index is 1.63. The lowest BCUT2D eigenvalue weighted by atomic mass is 9.97. The number of aryl methyl sites for hydroxylation is 2. The lowest BCUT2D eigenvalue weighted by Crippen LogP contribution is -2.32. The van der Waals surface area contributed by atoms with Gasteiger partial charge < -0.3 is 5.32 Å². The van der Waals surface area contributed by atoms with Crippen molar-refractivity contribution in [3.8, 4) is 0 Å². The minimum Gasteiger partial charge on any atom is -0.367 e. The van der Waals surface area contributed by atoms with Crippen LogP contribution in [-0.4, -0.2) is 21.8 Å². The molecule has 1 atom stereocenters. The Hall–Kier alpha value is -3.27. The number of benzene rings is 1. The third-order valence-electron chi connectivity index (χ3n) is 5.38.